The minimum absolute atomic E-state index is 0.119. The van der Waals surface area contributed by atoms with Crippen molar-refractivity contribution in [3.05, 3.63) is 42.0 Å². The fourth-order valence-electron chi connectivity index (χ4n) is 1.41. The van der Waals surface area contributed by atoms with Gasteiger partial charge in [-0.3, -0.25) is 5.11 Å². The van der Waals surface area contributed by atoms with E-state index in [0.717, 1.165) is 16.3 Å². The molecule has 1 nitrogen and oxygen atoms in total. The van der Waals surface area contributed by atoms with Crippen molar-refractivity contribution in [3.8, 4) is 5.75 Å². The average Bonchev–Trinajstić information content (AvgIpc) is 2.12. The van der Waals surface area contributed by atoms with Gasteiger partial charge in [-0.05, 0) is 23.8 Å². The van der Waals surface area contributed by atoms with Gasteiger partial charge in [-0.15, -0.1) is 0 Å². The Bertz CT molecular complexity index is 418. The van der Waals surface area contributed by atoms with Crippen molar-refractivity contribution in [2.24, 2.45) is 0 Å². The van der Waals surface area contributed by atoms with E-state index in [9.17, 15) is 5.11 Å². The minimum Gasteiger partial charge on any atom is -0.290 e. The maximum Gasteiger partial charge on any atom is 0.182 e. The number of hydrogen-bond donors (Lipinski definition) is 0. The van der Waals surface area contributed by atoms with Crippen LogP contribution >= 0.6 is 0 Å². The molecule has 0 N–H and O–H groups in total. The largest absolute Gasteiger partial charge is 0.290 e. The molecule has 0 aliphatic heterocycles. The summed E-state index contributed by atoms with van der Waals surface area (Å²) in [6.45, 7) is 1.87. The first-order valence-corrected chi connectivity index (χ1v) is 3.94. The third kappa shape index (κ3) is 0.944. The number of rotatable bonds is 0. The first kappa shape index (κ1) is 7.17. The van der Waals surface area contributed by atoms with E-state index in [-0.39, 0.29) is 5.75 Å². The highest BCUT2D eigenvalue weighted by atomic mass is 16.3. The first-order valence-electron chi connectivity index (χ1n) is 3.94. The molecule has 0 amide bonds. The number of benzene rings is 2. The lowest BCUT2D eigenvalue weighted by molar-refractivity contribution is 0.352. The zero-order chi connectivity index (χ0) is 8.55. The first-order chi connectivity index (χ1) is 5.79. The summed E-state index contributed by atoms with van der Waals surface area (Å²) < 4.78 is 0. The van der Waals surface area contributed by atoms with Crippen LogP contribution in [0.2, 0.25) is 0 Å². The lowest BCUT2D eigenvalue weighted by Crippen LogP contribution is -1.77. The van der Waals surface area contributed by atoms with Gasteiger partial charge < -0.3 is 0 Å². The molecule has 0 fully saturated rings. The van der Waals surface area contributed by atoms with Crippen molar-refractivity contribution in [2.45, 2.75) is 6.92 Å². The van der Waals surface area contributed by atoms with E-state index in [1.54, 1.807) is 6.07 Å². The summed E-state index contributed by atoms with van der Waals surface area (Å²) in [5.74, 6) is 0.119. The van der Waals surface area contributed by atoms with E-state index in [1.165, 1.54) is 0 Å². The van der Waals surface area contributed by atoms with Gasteiger partial charge in [0.1, 0.15) is 0 Å². The molecular formula is C11H9O. The van der Waals surface area contributed by atoms with Crippen molar-refractivity contribution in [3.63, 3.8) is 0 Å². The molecule has 59 valence electrons. The summed E-state index contributed by atoms with van der Waals surface area (Å²) in [7, 11) is 0. The van der Waals surface area contributed by atoms with E-state index in [1.807, 2.05) is 37.3 Å². The molecule has 0 unspecified atom stereocenters. The Labute approximate surface area is 71.3 Å². The molecule has 0 atom stereocenters. The highest BCUT2D eigenvalue weighted by Gasteiger charge is 2.01. The Morgan fingerprint density at radius 3 is 2.58 bits per heavy atom. The Balaban J connectivity index is 2.91. The van der Waals surface area contributed by atoms with Crippen LogP contribution in [0.4, 0.5) is 0 Å². The Kier molecular flexibility index (Phi) is 1.51. The molecular weight excluding hydrogens is 148 g/mol. The Morgan fingerprint density at radius 1 is 1.00 bits per heavy atom. The van der Waals surface area contributed by atoms with Crippen LogP contribution in [0.25, 0.3) is 10.8 Å². The summed E-state index contributed by atoms with van der Waals surface area (Å²) in [6.07, 6.45) is 0. The molecule has 0 saturated heterocycles. The standard InChI is InChI=1S/C11H9O/c1-8-10-5-3-2-4-9(10)6-7-11(8)12/h2-7H,1H3. The second-order valence-electron chi connectivity index (χ2n) is 2.91. The SMILES string of the molecule is Cc1c([O])ccc2ccccc12. The van der Waals surface area contributed by atoms with Gasteiger partial charge in [-0.25, -0.2) is 0 Å². The summed E-state index contributed by atoms with van der Waals surface area (Å²) in [5, 5.41) is 13.4. The predicted octanol–water partition coefficient (Wildman–Crippen LogP) is 3.29. The second kappa shape index (κ2) is 2.52. The molecule has 2 rings (SSSR count). The van der Waals surface area contributed by atoms with Crippen molar-refractivity contribution >= 4 is 10.8 Å². The van der Waals surface area contributed by atoms with E-state index in [0.29, 0.717) is 0 Å². The van der Waals surface area contributed by atoms with E-state index in [4.69, 9.17) is 0 Å². The zero-order valence-corrected chi connectivity index (χ0v) is 6.87. The topological polar surface area (TPSA) is 19.9 Å². The van der Waals surface area contributed by atoms with Crippen LogP contribution < -0.4 is 0 Å². The molecule has 0 spiro atoms. The Hall–Kier alpha value is -1.50. The average molecular weight is 157 g/mol. The van der Waals surface area contributed by atoms with Gasteiger partial charge in [-0.2, -0.15) is 0 Å². The fourth-order valence-corrected chi connectivity index (χ4v) is 1.41. The van der Waals surface area contributed by atoms with Crippen LogP contribution in [-0.4, -0.2) is 0 Å². The lowest BCUT2D eigenvalue weighted by atomic mass is 10.1. The third-order valence-corrected chi connectivity index (χ3v) is 2.15. The molecule has 0 heterocycles. The summed E-state index contributed by atoms with van der Waals surface area (Å²) in [5.41, 5.74) is 0.841. The molecule has 2 aromatic carbocycles. The number of aryl methyl sites for hydroxylation is 1. The highest BCUT2D eigenvalue weighted by Crippen LogP contribution is 2.25. The highest BCUT2D eigenvalue weighted by molar-refractivity contribution is 5.87. The van der Waals surface area contributed by atoms with Crippen molar-refractivity contribution in [1.82, 2.24) is 0 Å². The predicted molar refractivity (Wildman–Crippen MR) is 48.8 cm³/mol. The second-order valence-corrected chi connectivity index (χ2v) is 2.91. The van der Waals surface area contributed by atoms with Crippen molar-refractivity contribution in [1.29, 1.82) is 0 Å². The molecule has 0 aromatic heterocycles. The smallest absolute Gasteiger partial charge is 0.182 e. The molecule has 2 aromatic rings. The van der Waals surface area contributed by atoms with Gasteiger partial charge in [0.15, 0.2) is 5.75 Å². The van der Waals surface area contributed by atoms with E-state index >= 15 is 0 Å². The summed E-state index contributed by atoms with van der Waals surface area (Å²) in [6, 6.07) is 11.4. The molecule has 1 heteroatoms. The van der Waals surface area contributed by atoms with Crippen molar-refractivity contribution < 1.29 is 5.11 Å². The van der Waals surface area contributed by atoms with Gasteiger partial charge in [0.25, 0.3) is 0 Å². The lowest BCUT2D eigenvalue weighted by Gasteiger charge is -2.00. The minimum atomic E-state index is 0.119. The number of fused-ring (bicyclic) bond motifs is 1. The molecule has 12 heavy (non-hydrogen) atoms. The normalized spacial score (nSPS) is 10.4. The van der Waals surface area contributed by atoms with Crippen LogP contribution in [0.1, 0.15) is 5.56 Å². The zero-order valence-electron chi connectivity index (χ0n) is 6.87. The monoisotopic (exact) mass is 157 g/mol. The molecule has 0 aliphatic rings. The van der Waals surface area contributed by atoms with E-state index < -0.39 is 0 Å². The van der Waals surface area contributed by atoms with Gasteiger partial charge in [0, 0.05) is 5.56 Å². The maximum atomic E-state index is 11.2. The Morgan fingerprint density at radius 2 is 1.75 bits per heavy atom. The van der Waals surface area contributed by atoms with Crippen LogP contribution in [0, 0.1) is 6.92 Å². The molecule has 0 aliphatic carbocycles. The molecule has 0 bridgehead atoms. The van der Waals surface area contributed by atoms with Crippen LogP contribution in [-0.2, 0) is 5.11 Å². The van der Waals surface area contributed by atoms with Crippen molar-refractivity contribution in [2.75, 3.05) is 0 Å². The van der Waals surface area contributed by atoms with Crippen LogP contribution in [0.5, 0.6) is 5.75 Å². The summed E-state index contributed by atoms with van der Waals surface area (Å²) >= 11 is 0. The third-order valence-electron chi connectivity index (χ3n) is 2.15. The fraction of sp³-hybridized carbons (Fsp3) is 0.0909. The van der Waals surface area contributed by atoms with Gasteiger partial charge in [-0.1, -0.05) is 30.3 Å². The van der Waals surface area contributed by atoms with Gasteiger partial charge in [0.05, 0.1) is 0 Å². The van der Waals surface area contributed by atoms with Gasteiger partial charge in [0.2, 0.25) is 0 Å². The molecule has 1 radical (unpaired) electrons. The van der Waals surface area contributed by atoms with Crippen LogP contribution in [0.15, 0.2) is 36.4 Å². The number of hydrogen-bond acceptors (Lipinski definition) is 0. The molecule has 0 saturated carbocycles. The van der Waals surface area contributed by atoms with Crippen LogP contribution in [0.3, 0.4) is 0 Å². The van der Waals surface area contributed by atoms with Gasteiger partial charge >= 0.3 is 0 Å². The quantitative estimate of drug-likeness (QED) is 0.559. The van der Waals surface area contributed by atoms with E-state index in [2.05, 4.69) is 0 Å². The summed E-state index contributed by atoms with van der Waals surface area (Å²) in [4.78, 5) is 0. The maximum absolute atomic E-state index is 11.2.